The number of benzene rings is 2. The number of sulfonamides is 1. The number of aromatic nitrogens is 1. The fraction of sp³-hybridized carbons (Fsp3) is 0.364. The predicted octanol–water partition coefficient (Wildman–Crippen LogP) is 4.72. The van der Waals surface area contributed by atoms with Crippen LogP contribution in [-0.2, 0) is 21.9 Å². The van der Waals surface area contributed by atoms with Crippen LogP contribution in [0, 0.1) is 0 Å². The van der Waals surface area contributed by atoms with Gasteiger partial charge in [0, 0.05) is 30.7 Å². The minimum absolute atomic E-state index is 0.0452. The average molecular weight is 385 g/mol. The van der Waals surface area contributed by atoms with E-state index in [9.17, 15) is 8.42 Å². The third kappa shape index (κ3) is 3.94. The second kappa shape index (κ2) is 7.49. The van der Waals surface area contributed by atoms with E-state index in [0.717, 1.165) is 28.5 Å². The minimum atomic E-state index is -3.49. The molecule has 3 rings (SSSR count). The molecule has 0 aliphatic carbocycles. The molecule has 0 saturated heterocycles. The van der Waals surface area contributed by atoms with Crippen LogP contribution in [0.3, 0.4) is 0 Å². The normalized spacial score (nSPS) is 12.8. The summed E-state index contributed by atoms with van der Waals surface area (Å²) in [5.74, 6) is 0. The fourth-order valence-electron chi connectivity index (χ4n) is 3.20. The molecule has 3 aromatic rings. The van der Waals surface area contributed by atoms with E-state index in [1.165, 1.54) is 4.31 Å². The van der Waals surface area contributed by atoms with Gasteiger partial charge in [-0.25, -0.2) is 12.7 Å². The molecule has 0 atom stereocenters. The molecule has 144 valence electrons. The van der Waals surface area contributed by atoms with Gasteiger partial charge in [-0.1, -0.05) is 51.1 Å². The van der Waals surface area contributed by atoms with Crippen molar-refractivity contribution in [2.45, 2.75) is 43.9 Å². The Bertz CT molecular complexity index is 1020. The highest BCUT2D eigenvalue weighted by atomic mass is 32.2. The van der Waals surface area contributed by atoms with E-state index in [1.807, 2.05) is 36.5 Å². The maximum Gasteiger partial charge on any atom is 0.242 e. The maximum atomic E-state index is 12.9. The van der Waals surface area contributed by atoms with Crippen molar-refractivity contribution in [3.63, 3.8) is 0 Å². The molecule has 0 aliphatic heterocycles. The molecule has 1 aromatic heterocycles. The van der Waals surface area contributed by atoms with Crippen molar-refractivity contribution in [1.29, 1.82) is 0 Å². The lowest BCUT2D eigenvalue weighted by molar-refractivity contribution is 0.472. The molecule has 1 heterocycles. The summed E-state index contributed by atoms with van der Waals surface area (Å²) in [7, 11) is -1.84. The van der Waals surface area contributed by atoms with Crippen molar-refractivity contribution < 1.29 is 8.42 Å². The van der Waals surface area contributed by atoms with E-state index in [4.69, 9.17) is 0 Å². The van der Waals surface area contributed by atoms with E-state index >= 15 is 0 Å². The first kappa shape index (κ1) is 19.6. The number of nitrogens with zero attached hydrogens (tertiary/aromatic N) is 1. The summed E-state index contributed by atoms with van der Waals surface area (Å²) in [6, 6.07) is 15.4. The summed E-state index contributed by atoms with van der Waals surface area (Å²) < 4.78 is 27.2. The van der Waals surface area contributed by atoms with Gasteiger partial charge in [-0.3, -0.25) is 0 Å². The Labute approximate surface area is 162 Å². The van der Waals surface area contributed by atoms with Crippen LogP contribution in [0.25, 0.3) is 10.9 Å². The topological polar surface area (TPSA) is 53.2 Å². The zero-order valence-electron chi connectivity index (χ0n) is 16.5. The highest BCUT2D eigenvalue weighted by molar-refractivity contribution is 7.89. The van der Waals surface area contributed by atoms with Gasteiger partial charge in [0.25, 0.3) is 0 Å². The Morgan fingerprint density at radius 3 is 2.37 bits per heavy atom. The molecule has 0 unspecified atom stereocenters. The van der Waals surface area contributed by atoms with Crippen molar-refractivity contribution in [2.24, 2.45) is 0 Å². The number of nitrogens with one attached hydrogen (secondary N) is 1. The van der Waals surface area contributed by atoms with Crippen LogP contribution in [0.2, 0.25) is 0 Å². The molecule has 0 saturated carbocycles. The van der Waals surface area contributed by atoms with Gasteiger partial charge < -0.3 is 4.98 Å². The van der Waals surface area contributed by atoms with Gasteiger partial charge in [-0.15, -0.1) is 0 Å². The van der Waals surface area contributed by atoms with Crippen LogP contribution < -0.4 is 0 Å². The van der Waals surface area contributed by atoms with E-state index < -0.39 is 10.0 Å². The minimum Gasteiger partial charge on any atom is -0.361 e. The first-order valence-electron chi connectivity index (χ1n) is 9.37. The van der Waals surface area contributed by atoms with Gasteiger partial charge in [-0.2, -0.15) is 0 Å². The Balaban J connectivity index is 1.74. The lowest BCUT2D eigenvalue weighted by Crippen LogP contribution is -2.29. The molecular weight excluding hydrogens is 356 g/mol. The second-order valence-electron chi connectivity index (χ2n) is 7.70. The second-order valence-corrected chi connectivity index (χ2v) is 9.74. The van der Waals surface area contributed by atoms with Crippen LogP contribution >= 0.6 is 0 Å². The molecular formula is C22H28N2O2S. The molecule has 1 N–H and O–H groups in total. The number of H-pyrrole nitrogens is 1. The van der Waals surface area contributed by atoms with Crippen molar-refractivity contribution in [3.05, 3.63) is 65.9 Å². The summed E-state index contributed by atoms with van der Waals surface area (Å²) >= 11 is 0. The van der Waals surface area contributed by atoms with Crippen LogP contribution in [0.15, 0.2) is 59.6 Å². The lowest BCUT2D eigenvalue weighted by atomic mass is 9.82. The number of aromatic amines is 1. The van der Waals surface area contributed by atoms with Crippen molar-refractivity contribution in [1.82, 2.24) is 9.29 Å². The van der Waals surface area contributed by atoms with E-state index in [-0.39, 0.29) is 5.41 Å². The largest absolute Gasteiger partial charge is 0.361 e. The highest BCUT2D eigenvalue weighted by Crippen LogP contribution is 2.28. The standard InChI is InChI=1S/C22H28N2O2S/c1-5-22(2,3)18-10-12-19(13-11-18)27(25,26)24(4)15-14-17-16-23-21-9-7-6-8-20(17)21/h6-13,16,23H,5,14-15H2,1-4H3. The number of rotatable bonds is 7. The first-order valence-corrected chi connectivity index (χ1v) is 10.8. The fourth-order valence-corrected chi connectivity index (χ4v) is 4.37. The zero-order valence-corrected chi connectivity index (χ0v) is 17.3. The first-order chi connectivity index (χ1) is 12.8. The van der Waals surface area contributed by atoms with Gasteiger partial charge in [0.1, 0.15) is 0 Å². The van der Waals surface area contributed by atoms with Crippen LogP contribution in [0.5, 0.6) is 0 Å². The molecule has 4 nitrogen and oxygen atoms in total. The monoisotopic (exact) mass is 384 g/mol. The van der Waals surface area contributed by atoms with Crippen molar-refractivity contribution >= 4 is 20.9 Å². The van der Waals surface area contributed by atoms with Gasteiger partial charge in [0.15, 0.2) is 0 Å². The molecule has 2 aromatic carbocycles. The smallest absolute Gasteiger partial charge is 0.242 e. The lowest BCUT2D eigenvalue weighted by Gasteiger charge is -2.24. The molecule has 0 spiro atoms. The number of hydrogen-bond donors (Lipinski definition) is 1. The van der Waals surface area contributed by atoms with Crippen LogP contribution in [0.1, 0.15) is 38.3 Å². The number of likely N-dealkylation sites (N-methyl/N-ethyl adjacent to an activating group) is 1. The quantitative estimate of drug-likeness (QED) is 0.641. The Hall–Kier alpha value is -2.11. The van der Waals surface area contributed by atoms with Crippen LogP contribution in [0.4, 0.5) is 0 Å². The molecule has 27 heavy (non-hydrogen) atoms. The third-order valence-corrected chi connectivity index (χ3v) is 7.47. The molecule has 0 amide bonds. The summed E-state index contributed by atoms with van der Waals surface area (Å²) in [5, 5.41) is 1.15. The van der Waals surface area contributed by atoms with E-state index in [1.54, 1.807) is 19.2 Å². The highest BCUT2D eigenvalue weighted by Gasteiger charge is 2.23. The van der Waals surface area contributed by atoms with Gasteiger partial charge in [0.05, 0.1) is 4.90 Å². The average Bonchev–Trinajstić information content (AvgIpc) is 3.09. The summed E-state index contributed by atoms with van der Waals surface area (Å²) in [6.45, 7) is 6.92. The Kier molecular flexibility index (Phi) is 5.45. The zero-order chi connectivity index (χ0) is 19.7. The molecule has 0 aliphatic rings. The van der Waals surface area contributed by atoms with Crippen molar-refractivity contribution in [2.75, 3.05) is 13.6 Å². The van der Waals surface area contributed by atoms with E-state index in [2.05, 4.69) is 31.8 Å². The number of hydrogen-bond acceptors (Lipinski definition) is 2. The van der Waals surface area contributed by atoms with Gasteiger partial charge >= 0.3 is 0 Å². The Morgan fingerprint density at radius 1 is 1.04 bits per heavy atom. The molecule has 0 radical (unpaired) electrons. The summed E-state index contributed by atoms with van der Waals surface area (Å²) in [4.78, 5) is 3.59. The number of fused-ring (bicyclic) bond motifs is 1. The van der Waals surface area contributed by atoms with E-state index in [0.29, 0.717) is 17.9 Å². The van der Waals surface area contributed by atoms with Crippen LogP contribution in [-0.4, -0.2) is 31.3 Å². The molecule has 0 fully saturated rings. The van der Waals surface area contributed by atoms with Gasteiger partial charge in [0.2, 0.25) is 10.0 Å². The van der Waals surface area contributed by atoms with Crippen molar-refractivity contribution in [3.8, 4) is 0 Å². The third-order valence-electron chi connectivity index (χ3n) is 5.60. The van der Waals surface area contributed by atoms with Gasteiger partial charge in [-0.05, 0) is 47.6 Å². The summed E-state index contributed by atoms with van der Waals surface area (Å²) in [5.41, 5.74) is 3.41. The summed E-state index contributed by atoms with van der Waals surface area (Å²) in [6.07, 6.45) is 3.64. The number of para-hydroxylation sites is 1. The Morgan fingerprint density at radius 2 is 1.70 bits per heavy atom. The SMILES string of the molecule is CCC(C)(C)c1ccc(S(=O)(=O)N(C)CCc2c[nH]c3ccccc23)cc1. The molecule has 0 bridgehead atoms. The molecule has 5 heteroatoms. The predicted molar refractivity (Wildman–Crippen MR) is 112 cm³/mol. The maximum absolute atomic E-state index is 12.9.